The van der Waals surface area contributed by atoms with Crippen molar-refractivity contribution in [2.75, 3.05) is 5.32 Å². The molecule has 1 amide bonds. The van der Waals surface area contributed by atoms with Crippen LogP contribution in [0.3, 0.4) is 0 Å². The Morgan fingerprint density at radius 1 is 1.15 bits per heavy atom. The molecule has 8 nitrogen and oxygen atoms in total. The summed E-state index contributed by atoms with van der Waals surface area (Å²) in [5, 5.41) is 16.2. The van der Waals surface area contributed by atoms with Gasteiger partial charge in [-0.05, 0) is 49.6 Å². The molecule has 0 aliphatic heterocycles. The predicted octanol–water partition coefficient (Wildman–Crippen LogP) is 5.07. The fraction of sp³-hybridized carbons (Fsp3) is 0.160. The molecular weight excluding hydrogens is 424 g/mol. The summed E-state index contributed by atoms with van der Waals surface area (Å²) in [6.07, 6.45) is -1.28. The number of hydrogen-bond acceptors (Lipinski definition) is 6. The Bertz CT molecular complexity index is 1370. The van der Waals surface area contributed by atoms with Crippen molar-refractivity contribution < 1.29 is 28.4 Å². The Morgan fingerprint density at radius 2 is 1.94 bits per heavy atom. The number of furan rings is 1. The van der Waals surface area contributed by atoms with Gasteiger partial charge in [0.25, 0.3) is 0 Å². The molecule has 8 heteroatoms. The van der Waals surface area contributed by atoms with Crippen molar-refractivity contribution in [3.8, 4) is 11.8 Å². The largest absolute Gasteiger partial charge is 0.481 e. The second-order valence-electron chi connectivity index (χ2n) is 7.34. The van der Waals surface area contributed by atoms with E-state index in [1.54, 1.807) is 38.1 Å². The van der Waals surface area contributed by atoms with Crippen LogP contribution in [0.5, 0.6) is 0 Å². The van der Waals surface area contributed by atoms with Crippen molar-refractivity contribution in [1.29, 1.82) is 0 Å². The van der Waals surface area contributed by atoms with Crippen LogP contribution < -0.4 is 5.32 Å². The molecule has 2 N–H and O–H groups in total. The number of fused-ring (bicyclic) bond motifs is 1. The summed E-state index contributed by atoms with van der Waals surface area (Å²) in [4.78, 5) is 23.3. The van der Waals surface area contributed by atoms with E-state index in [2.05, 4.69) is 22.3 Å². The van der Waals surface area contributed by atoms with Crippen LogP contribution in [0, 0.1) is 18.8 Å². The molecule has 2 aromatic carbocycles. The van der Waals surface area contributed by atoms with Crippen molar-refractivity contribution in [2.24, 2.45) is 0 Å². The highest BCUT2D eigenvalue weighted by Gasteiger charge is 2.17. The van der Waals surface area contributed by atoms with E-state index in [4.69, 9.17) is 18.8 Å². The maximum atomic E-state index is 12.4. The molecule has 0 fully saturated rings. The number of aromatic nitrogens is 1. The van der Waals surface area contributed by atoms with Crippen molar-refractivity contribution in [3.63, 3.8) is 0 Å². The standard InChI is InChI=1S/C25H20N2O6/c1-15-24(26-25(30)31-16(2)18-6-4-3-5-7-18)21(33-27-15)11-9-17-8-10-19-13-20(14-23(28)29)32-22(19)12-17/h3-8,10,12-13,16H,14H2,1-2H3,(H,26,30)(H,28,29). The van der Waals surface area contributed by atoms with E-state index in [0.717, 1.165) is 10.9 Å². The first kappa shape index (κ1) is 21.7. The lowest BCUT2D eigenvalue weighted by molar-refractivity contribution is -0.136. The third-order valence-electron chi connectivity index (χ3n) is 4.86. The summed E-state index contributed by atoms with van der Waals surface area (Å²) in [7, 11) is 0. The number of nitrogens with one attached hydrogen (secondary N) is 1. The van der Waals surface area contributed by atoms with Crippen LogP contribution in [0.15, 0.2) is 63.5 Å². The van der Waals surface area contributed by atoms with Gasteiger partial charge in [-0.2, -0.15) is 0 Å². The van der Waals surface area contributed by atoms with E-state index >= 15 is 0 Å². The van der Waals surface area contributed by atoms with Crippen LogP contribution in [-0.2, 0) is 16.0 Å². The van der Waals surface area contributed by atoms with Gasteiger partial charge >= 0.3 is 12.1 Å². The average molecular weight is 444 g/mol. The smallest absolute Gasteiger partial charge is 0.412 e. The molecular formula is C25H20N2O6. The number of aryl methyl sites for hydroxylation is 1. The van der Waals surface area contributed by atoms with Gasteiger partial charge in [0.2, 0.25) is 5.76 Å². The topological polar surface area (TPSA) is 115 Å². The van der Waals surface area contributed by atoms with Crippen molar-refractivity contribution in [3.05, 3.63) is 82.9 Å². The zero-order chi connectivity index (χ0) is 23.4. The molecule has 0 spiro atoms. The van der Waals surface area contributed by atoms with Gasteiger partial charge in [-0.25, -0.2) is 4.79 Å². The van der Waals surface area contributed by atoms with Gasteiger partial charge in [-0.1, -0.05) is 41.4 Å². The minimum absolute atomic E-state index is 0.183. The van der Waals surface area contributed by atoms with E-state index in [-0.39, 0.29) is 12.2 Å². The molecule has 0 saturated carbocycles. The number of amides is 1. The van der Waals surface area contributed by atoms with Crippen molar-refractivity contribution in [2.45, 2.75) is 26.4 Å². The summed E-state index contributed by atoms with van der Waals surface area (Å²) in [6.45, 7) is 3.46. The molecule has 0 aliphatic carbocycles. The number of ether oxygens (including phenoxy) is 1. The summed E-state index contributed by atoms with van der Waals surface area (Å²) in [5.74, 6) is 5.38. The monoisotopic (exact) mass is 444 g/mol. The molecule has 2 aromatic heterocycles. The molecule has 4 aromatic rings. The SMILES string of the molecule is Cc1noc(C#Cc2ccc3cc(CC(=O)O)oc3c2)c1NC(=O)OC(C)c1ccccc1. The third-order valence-corrected chi connectivity index (χ3v) is 4.86. The van der Waals surface area contributed by atoms with Crippen LogP contribution in [0.2, 0.25) is 0 Å². The number of carboxylic acids is 1. The zero-order valence-electron chi connectivity index (χ0n) is 17.9. The first-order chi connectivity index (χ1) is 15.9. The quantitative estimate of drug-likeness (QED) is 0.413. The Morgan fingerprint density at radius 3 is 2.70 bits per heavy atom. The first-order valence-electron chi connectivity index (χ1n) is 10.1. The lowest BCUT2D eigenvalue weighted by Gasteiger charge is -2.13. The summed E-state index contributed by atoms with van der Waals surface area (Å²) in [6, 6.07) is 16.4. The van der Waals surface area contributed by atoms with Crippen LogP contribution in [0.4, 0.5) is 10.5 Å². The Kier molecular flexibility index (Phi) is 6.13. The number of carbonyl (C=O) groups excluding carboxylic acids is 1. The van der Waals surface area contributed by atoms with Gasteiger partial charge in [0.15, 0.2) is 0 Å². The molecule has 4 rings (SSSR count). The van der Waals surface area contributed by atoms with Crippen molar-refractivity contribution >= 4 is 28.7 Å². The fourth-order valence-electron chi connectivity index (χ4n) is 3.22. The zero-order valence-corrected chi connectivity index (χ0v) is 17.9. The van der Waals surface area contributed by atoms with E-state index in [1.165, 1.54) is 0 Å². The Labute approximate surface area is 189 Å². The maximum Gasteiger partial charge on any atom is 0.412 e. The number of rotatable bonds is 5. The number of nitrogens with zero attached hydrogens (tertiary/aromatic N) is 1. The maximum absolute atomic E-state index is 12.4. The second kappa shape index (κ2) is 9.32. The number of anilines is 1. The summed E-state index contributed by atoms with van der Waals surface area (Å²) >= 11 is 0. The number of aliphatic carboxylic acids is 1. The van der Waals surface area contributed by atoms with Gasteiger partial charge in [-0.15, -0.1) is 0 Å². The minimum atomic E-state index is -0.966. The minimum Gasteiger partial charge on any atom is -0.481 e. The van der Waals surface area contributed by atoms with Crippen LogP contribution in [0.25, 0.3) is 11.0 Å². The van der Waals surface area contributed by atoms with Gasteiger partial charge < -0.3 is 18.8 Å². The average Bonchev–Trinajstić information content (AvgIpc) is 3.34. The fourth-order valence-corrected chi connectivity index (χ4v) is 3.22. The molecule has 0 saturated heterocycles. The van der Waals surface area contributed by atoms with Crippen LogP contribution in [-0.4, -0.2) is 22.3 Å². The molecule has 1 atom stereocenters. The molecule has 0 aliphatic rings. The van der Waals surface area contributed by atoms with Gasteiger partial charge in [0.05, 0.1) is 0 Å². The predicted molar refractivity (Wildman–Crippen MR) is 120 cm³/mol. The Hall–Kier alpha value is -4.51. The third kappa shape index (κ3) is 5.22. The van der Waals surface area contributed by atoms with E-state index < -0.39 is 18.2 Å². The molecule has 0 radical (unpaired) electrons. The van der Waals surface area contributed by atoms with Gasteiger partial charge in [0, 0.05) is 10.9 Å². The molecule has 33 heavy (non-hydrogen) atoms. The van der Waals surface area contributed by atoms with Crippen molar-refractivity contribution in [1.82, 2.24) is 5.16 Å². The van der Waals surface area contributed by atoms with E-state index in [1.807, 2.05) is 30.3 Å². The van der Waals surface area contributed by atoms with Gasteiger partial charge in [-0.3, -0.25) is 10.1 Å². The van der Waals surface area contributed by atoms with Gasteiger partial charge in [0.1, 0.15) is 35.2 Å². The highest BCUT2D eigenvalue weighted by Crippen LogP contribution is 2.23. The summed E-state index contributed by atoms with van der Waals surface area (Å²) in [5.41, 5.74) is 2.82. The normalized spacial score (nSPS) is 11.5. The number of hydrogen-bond donors (Lipinski definition) is 2. The molecule has 1 unspecified atom stereocenters. The van der Waals surface area contributed by atoms with Crippen LogP contribution >= 0.6 is 0 Å². The number of carboxylic acid groups (broad SMARTS) is 1. The molecule has 2 heterocycles. The Balaban J connectivity index is 1.49. The number of benzene rings is 2. The highest BCUT2D eigenvalue weighted by molar-refractivity contribution is 5.87. The van der Waals surface area contributed by atoms with Crippen LogP contribution in [0.1, 0.15) is 41.4 Å². The lowest BCUT2D eigenvalue weighted by atomic mass is 10.1. The highest BCUT2D eigenvalue weighted by atomic mass is 16.6. The second-order valence-corrected chi connectivity index (χ2v) is 7.34. The van der Waals surface area contributed by atoms with E-state index in [0.29, 0.717) is 28.3 Å². The molecule has 166 valence electrons. The first-order valence-corrected chi connectivity index (χ1v) is 10.1. The van der Waals surface area contributed by atoms with E-state index in [9.17, 15) is 9.59 Å². The molecule has 0 bridgehead atoms. The summed E-state index contributed by atoms with van der Waals surface area (Å²) < 4.78 is 16.3. The number of carbonyl (C=O) groups is 2. The lowest BCUT2D eigenvalue weighted by Crippen LogP contribution is -2.16.